The summed E-state index contributed by atoms with van der Waals surface area (Å²) in [6, 6.07) is 12.8. The van der Waals surface area contributed by atoms with Crippen LogP contribution in [0, 0.1) is 5.92 Å². The highest BCUT2D eigenvalue weighted by Crippen LogP contribution is 2.36. The molecule has 33 heavy (non-hydrogen) atoms. The molecule has 2 fully saturated rings. The maximum absolute atomic E-state index is 13.0. The molecule has 180 valence electrons. The van der Waals surface area contributed by atoms with Crippen molar-refractivity contribution in [1.29, 1.82) is 0 Å². The number of H-pyrrole nitrogens is 1. The topological polar surface area (TPSA) is 67.5 Å². The van der Waals surface area contributed by atoms with Gasteiger partial charge in [0, 0.05) is 18.7 Å². The van der Waals surface area contributed by atoms with Gasteiger partial charge in [-0.3, -0.25) is 5.10 Å². The van der Waals surface area contributed by atoms with Crippen LogP contribution >= 0.6 is 0 Å². The molecule has 1 amide bonds. The number of amides is 1. The standard InChI is InChI=1S/C27H39N3O3/c1-3-20(2)18-33-27(31)30-17-7-10-24(25-15-16-28-29-25)26(30)19-32-23-13-11-22(12-14-23)21-8-5-4-6-9-21/h4-6,8-9,15-16,20,22-24,26H,3,7,10-14,17-19H2,1-2H3,(H,28,29)/t20-,22-,23+,24+,26-/m0/s1. The number of hydrogen-bond donors (Lipinski definition) is 1. The third-order valence-corrected chi connectivity index (χ3v) is 7.55. The number of rotatable bonds is 8. The zero-order valence-electron chi connectivity index (χ0n) is 20.1. The molecule has 0 unspecified atom stereocenters. The first kappa shape index (κ1) is 23.8. The minimum absolute atomic E-state index is 0.0432. The average Bonchev–Trinajstić information content (AvgIpc) is 3.41. The van der Waals surface area contributed by atoms with E-state index >= 15 is 0 Å². The Morgan fingerprint density at radius 2 is 1.94 bits per heavy atom. The predicted octanol–water partition coefficient (Wildman–Crippen LogP) is 5.88. The van der Waals surface area contributed by atoms with Gasteiger partial charge < -0.3 is 14.4 Å². The molecule has 1 saturated heterocycles. The molecule has 1 aromatic heterocycles. The van der Waals surface area contributed by atoms with Gasteiger partial charge >= 0.3 is 6.09 Å². The number of nitrogens with one attached hydrogen (secondary N) is 1. The minimum Gasteiger partial charge on any atom is -0.449 e. The quantitative estimate of drug-likeness (QED) is 0.542. The predicted molar refractivity (Wildman–Crippen MR) is 129 cm³/mol. The highest BCUT2D eigenvalue weighted by Gasteiger charge is 2.38. The summed E-state index contributed by atoms with van der Waals surface area (Å²) in [5.74, 6) is 1.17. The molecule has 0 spiro atoms. The highest BCUT2D eigenvalue weighted by molar-refractivity contribution is 5.68. The number of aromatic nitrogens is 2. The van der Waals surface area contributed by atoms with E-state index in [4.69, 9.17) is 9.47 Å². The van der Waals surface area contributed by atoms with E-state index in [1.807, 2.05) is 17.2 Å². The first-order valence-electron chi connectivity index (χ1n) is 12.7. The van der Waals surface area contributed by atoms with E-state index in [1.165, 1.54) is 5.56 Å². The second kappa shape index (κ2) is 11.7. The van der Waals surface area contributed by atoms with Crippen LogP contribution in [0.1, 0.15) is 81.9 Å². The molecular weight excluding hydrogens is 414 g/mol. The number of nitrogens with zero attached hydrogens (tertiary/aromatic N) is 2. The lowest BCUT2D eigenvalue weighted by atomic mass is 9.82. The summed E-state index contributed by atoms with van der Waals surface area (Å²) < 4.78 is 12.2. The van der Waals surface area contributed by atoms with Crippen LogP contribution in [-0.2, 0) is 9.47 Å². The normalized spacial score (nSPS) is 26.7. The van der Waals surface area contributed by atoms with Gasteiger partial charge in [0.25, 0.3) is 0 Å². The Morgan fingerprint density at radius 3 is 2.64 bits per heavy atom. The highest BCUT2D eigenvalue weighted by atomic mass is 16.6. The number of piperidine rings is 1. The van der Waals surface area contributed by atoms with Crippen molar-refractivity contribution in [2.75, 3.05) is 19.8 Å². The Kier molecular flexibility index (Phi) is 8.43. The number of benzene rings is 1. The largest absolute Gasteiger partial charge is 0.449 e. The Hall–Kier alpha value is -2.34. The lowest BCUT2D eigenvalue weighted by molar-refractivity contribution is -0.0273. The van der Waals surface area contributed by atoms with Crippen molar-refractivity contribution in [3.05, 3.63) is 53.9 Å². The van der Waals surface area contributed by atoms with E-state index in [0.717, 1.165) is 57.2 Å². The van der Waals surface area contributed by atoms with Crippen molar-refractivity contribution >= 4 is 6.09 Å². The molecule has 1 N–H and O–H groups in total. The van der Waals surface area contributed by atoms with Crippen molar-refractivity contribution in [2.45, 2.75) is 82.8 Å². The van der Waals surface area contributed by atoms with Crippen LogP contribution < -0.4 is 0 Å². The van der Waals surface area contributed by atoms with Gasteiger partial charge in [0.15, 0.2) is 0 Å². The molecule has 0 bridgehead atoms. The van der Waals surface area contributed by atoms with Gasteiger partial charge in [0.2, 0.25) is 0 Å². The first-order valence-corrected chi connectivity index (χ1v) is 12.7. The van der Waals surface area contributed by atoms with Crippen LogP contribution in [0.25, 0.3) is 0 Å². The molecule has 2 aliphatic rings. The minimum atomic E-state index is -0.211. The monoisotopic (exact) mass is 453 g/mol. The van der Waals surface area contributed by atoms with Gasteiger partial charge in [-0.05, 0) is 62.0 Å². The van der Waals surface area contributed by atoms with Crippen LogP contribution in [0.3, 0.4) is 0 Å². The van der Waals surface area contributed by atoms with E-state index in [0.29, 0.717) is 25.0 Å². The lowest BCUT2D eigenvalue weighted by Gasteiger charge is -2.41. The zero-order valence-corrected chi connectivity index (χ0v) is 20.1. The molecule has 3 atom stereocenters. The van der Waals surface area contributed by atoms with Gasteiger partial charge in [-0.15, -0.1) is 0 Å². The Labute approximate surface area is 198 Å². The van der Waals surface area contributed by atoms with E-state index in [2.05, 4.69) is 54.4 Å². The van der Waals surface area contributed by atoms with Gasteiger partial charge in [-0.25, -0.2) is 4.79 Å². The molecule has 2 aromatic rings. The molecule has 1 aromatic carbocycles. The zero-order chi connectivity index (χ0) is 23.0. The van der Waals surface area contributed by atoms with Crippen molar-refractivity contribution in [3.63, 3.8) is 0 Å². The molecule has 4 rings (SSSR count). The maximum atomic E-state index is 13.0. The van der Waals surface area contributed by atoms with Gasteiger partial charge in [0.05, 0.1) is 31.1 Å². The van der Waals surface area contributed by atoms with E-state index < -0.39 is 0 Å². The van der Waals surface area contributed by atoms with Crippen LogP contribution in [0.15, 0.2) is 42.6 Å². The summed E-state index contributed by atoms with van der Waals surface area (Å²) in [5.41, 5.74) is 2.45. The average molecular weight is 454 g/mol. The summed E-state index contributed by atoms with van der Waals surface area (Å²) in [7, 11) is 0. The Morgan fingerprint density at radius 1 is 1.15 bits per heavy atom. The van der Waals surface area contributed by atoms with E-state index in [1.54, 1.807) is 0 Å². The van der Waals surface area contributed by atoms with Gasteiger partial charge in [-0.1, -0.05) is 50.6 Å². The van der Waals surface area contributed by atoms with Crippen LogP contribution in [0.4, 0.5) is 4.79 Å². The molecular formula is C27H39N3O3. The molecule has 6 nitrogen and oxygen atoms in total. The van der Waals surface area contributed by atoms with E-state index in [-0.39, 0.29) is 24.2 Å². The Balaban J connectivity index is 1.37. The smallest absolute Gasteiger partial charge is 0.410 e. The fraction of sp³-hybridized carbons (Fsp3) is 0.630. The summed E-state index contributed by atoms with van der Waals surface area (Å²) in [5, 5.41) is 7.39. The SMILES string of the molecule is CC[C@H](C)COC(=O)N1CCC[C@H](c2cc[nH]n2)[C@@H]1CO[C@H]1CC[C@@H](c2ccccc2)CC1. The van der Waals surface area contributed by atoms with Gasteiger partial charge in [0.1, 0.15) is 0 Å². The molecule has 0 radical (unpaired) electrons. The fourth-order valence-electron chi connectivity index (χ4n) is 5.25. The number of carbonyl (C=O) groups is 1. The van der Waals surface area contributed by atoms with Gasteiger partial charge in [-0.2, -0.15) is 5.10 Å². The van der Waals surface area contributed by atoms with Crippen molar-refractivity contribution in [3.8, 4) is 0 Å². The number of aromatic amines is 1. The molecule has 1 aliphatic carbocycles. The fourth-order valence-corrected chi connectivity index (χ4v) is 5.25. The molecule has 2 heterocycles. The summed E-state index contributed by atoms with van der Waals surface area (Å²) in [6.07, 6.45) is 9.31. The molecule has 6 heteroatoms. The summed E-state index contributed by atoms with van der Waals surface area (Å²) >= 11 is 0. The first-order chi connectivity index (χ1) is 16.2. The summed E-state index contributed by atoms with van der Waals surface area (Å²) in [6.45, 7) is 5.96. The lowest BCUT2D eigenvalue weighted by Crippen LogP contribution is -2.51. The third-order valence-electron chi connectivity index (χ3n) is 7.55. The second-order valence-electron chi connectivity index (χ2n) is 9.82. The van der Waals surface area contributed by atoms with E-state index in [9.17, 15) is 4.79 Å². The van der Waals surface area contributed by atoms with Crippen molar-refractivity contribution in [2.24, 2.45) is 5.92 Å². The van der Waals surface area contributed by atoms with Crippen molar-refractivity contribution < 1.29 is 14.3 Å². The number of hydrogen-bond acceptors (Lipinski definition) is 4. The summed E-state index contributed by atoms with van der Waals surface area (Å²) in [4.78, 5) is 14.9. The Bertz CT molecular complexity index is 834. The van der Waals surface area contributed by atoms with Crippen LogP contribution in [0.2, 0.25) is 0 Å². The number of likely N-dealkylation sites (tertiary alicyclic amines) is 1. The van der Waals surface area contributed by atoms with Crippen LogP contribution in [0.5, 0.6) is 0 Å². The maximum Gasteiger partial charge on any atom is 0.410 e. The second-order valence-corrected chi connectivity index (χ2v) is 9.82. The number of ether oxygens (including phenoxy) is 2. The molecule has 1 aliphatic heterocycles. The third kappa shape index (κ3) is 6.17. The van der Waals surface area contributed by atoms with Crippen molar-refractivity contribution in [1.82, 2.24) is 15.1 Å². The number of carbonyl (C=O) groups excluding carboxylic acids is 1. The van der Waals surface area contributed by atoms with Crippen LogP contribution in [-0.4, -0.2) is 53.1 Å². The molecule has 1 saturated carbocycles.